The van der Waals surface area contributed by atoms with Crippen molar-refractivity contribution in [2.24, 2.45) is 17.3 Å². The van der Waals surface area contributed by atoms with Crippen LogP contribution in [0.5, 0.6) is 0 Å². The fourth-order valence-corrected chi connectivity index (χ4v) is 7.10. The summed E-state index contributed by atoms with van der Waals surface area (Å²) in [5, 5.41) is 9.18. The quantitative estimate of drug-likeness (QED) is 0.671. The number of thiazole rings is 1. The smallest absolute Gasteiger partial charge is 0.312 e. The number of ether oxygens (including phenoxy) is 1. The first-order valence-corrected chi connectivity index (χ1v) is 11.5. The third-order valence-corrected chi connectivity index (χ3v) is 7.67. The van der Waals surface area contributed by atoms with Crippen LogP contribution in [0.25, 0.3) is 0 Å². The molecule has 2 N–H and O–H groups in total. The number of esters is 1. The molecule has 1 amide bonds. The summed E-state index contributed by atoms with van der Waals surface area (Å²) in [7, 11) is 0. The molecule has 2 unspecified atom stereocenters. The predicted octanol–water partition coefficient (Wildman–Crippen LogP) is 4.41. The van der Waals surface area contributed by atoms with Gasteiger partial charge in [0.15, 0.2) is 5.13 Å². The SMILES string of the molecule is CC(=O)NC12CC3CC(C1)CC(C(=O)OCc1csc(Nc4ccccc4)n1)(C3)C2. The fraction of sp³-hybridized carbons (Fsp3) is 0.522. The van der Waals surface area contributed by atoms with Gasteiger partial charge in [0.2, 0.25) is 5.91 Å². The Morgan fingerprint density at radius 3 is 2.60 bits per heavy atom. The van der Waals surface area contributed by atoms with Crippen molar-refractivity contribution in [3.05, 3.63) is 41.4 Å². The highest BCUT2D eigenvalue weighted by atomic mass is 32.1. The molecule has 4 bridgehead atoms. The van der Waals surface area contributed by atoms with Crippen LogP contribution in [0.1, 0.15) is 51.1 Å². The van der Waals surface area contributed by atoms with Crippen LogP contribution in [-0.4, -0.2) is 22.4 Å². The molecule has 4 aliphatic carbocycles. The van der Waals surface area contributed by atoms with E-state index in [0.29, 0.717) is 18.3 Å². The van der Waals surface area contributed by atoms with Crippen LogP contribution in [0, 0.1) is 17.3 Å². The van der Waals surface area contributed by atoms with E-state index in [0.717, 1.165) is 42.2 Å². The van der Waals surface area contributed by atoms with Gasteiger partial charge in [0, 0.05) is 23.5 Å². The Morgan fingerprint density at radius 1 is 1.17 bits per heavy atom. The van der Waals surface area contributed by atoms with Gasteiger partial charge in [0.25, 0.3) is 0 Å². The Kier molecular flexibility index (Phi) is 4.81. The number of aromatic nitrogens is 1. The molecule has 1 heterocycles. The summed E-state index contributed by atoms with van der Waals surface area (Å²) in [6.07, 6.45) is 5.67. The molecule has 0 spiro atoms. The topological polar surface area (TPSA) is 80.3 Å². The molecule has 1 aromatic heterocycles. The van der Waals surface area contributed by atoms with Gasteiger partial charge in [0.1, 0.15) is 6.61 Å². The summed E-state index contributed by atoms with van der Waals surface area (Å²) in [5.41, 5.74) is 1.07. The van der Waals surface area contributed by atoms with Gasteiger partial charge in [-0.15, -0.1) is 11.3 Å². The highest BCUT2D eigenvalue weighted by molar-refractivity contribution is 7.13. The largest absolute Gasteiger partial charge is 0.459 e. The van der Waals surface area contributed by atoms with E-state index in [-0.39, 0.29) is 24.0 Å². The van der Waals surface area contributed by atoms with Crippen LogP contribution in [0.2, 0.25) is 0 Å². The number of carbonyl (C=O) groups excluding carboxylic acids is 2. The minimum absolute atomic E-state index is 0.00128. The number of benzene rings is 1. The zero-order valence-electron chi connectivity index (χ0n) is 17.1. The molecule has 4 fully saturated rings. The summed E-state index contributed by atoms with van der Waals surface area (Å²) < 4.78 is 5.79. The highest BCUT2D eigenvalue weighted by Gasteiger charge is 2.61. The van der Waals surface area contributed by atoms with E-state index in [2.05, 4.69) is 15.6 Å². The molecule has 2 atom stereocenters. The van der Waals surface area contributed by atoms with Gasteiger partial charge in [-0.25, -0.2) is 4.98 Å². The van der Waals surface area contributed by atoms with Crippen molar-refractivity contribution in [2.45, 2.75) is 57.6 Å². The Morgan fingerprint density at radius 2 is 1.90 bits per heavy atom. The molecule has 0 radical (unpaired) electrons. The maximum absolute atomic E-state index is 13.2. The molecule has 6 rings (SSSR count). The second-order valence-electron chi connectivity index (χ2n) is 9.41. The normalized spacial score (nSPS) is 31.4. The van der Waals surface area contributed by atoms with E-state index in [4.69, 9.17) is 4.74 Å². The number of nitrogens with zero attached hydrogens (tertiary/aromatic N) is 1. The average Bonchev–Trinajstić information content (AvgIpc) is 3.12. The molecular weight excluding hydrogens is 398 g/mol. The van der Waals surface area contributed by atoms with Crippen molar-refractivity contribution < 1.29 is 14.3 Å². The minimum atomic E-state index is -0.451. The second kappa shape index (κ2) is 7.38. The van der Waals surface area contributed by atoms with Gasteiger partial charge < -0.3 is 15.4 Å². The van der Waals surface area contributed by atoms with Crippen molar-refractivity contribution in [1.82, 2.24) is 10.3 Å². The van der Waals surface area contributed by atoms with E-state index in [1.54, 1.807) is 6.92 Å². The number of nitrogens with one attached hydrogen (secondary N) is 2. The molecule has 6 nitrogen and oxygen atoms in total. The molecule has 0 saturated heterocycles. The van der Waals surface area contributed by atoms with Gasteiger partial charge >= 0.3 is 5.97 Å². The lowest BCUT2D eigenvalue weighted by molar-refractivity contribution is -0.177. The number of para-hydroxylation sites is 1. The summed E-state index contributed by atoms with van der Waals surface area (Å²) in [5.74, 6) is 0.900. The van der Waals surface area contributed by atoms with Gasteiger partial charge in [-0.2, -0.15) is 0 Å². The number of anilines is 2. The predicted molar refractivity (Wildman–Crippen MR) is 115 cm³/mol. The number of carbonyl (C=O) groups is 2. The van der Waals surface area contributed by atoms with Gasteiger partial charge in [-0.1, -0.05) is 18.2 Å². The molecule has 4 saturated carbocycles. The Balaban J connectivity index is 1.24. The van der Waals surface area contributed by atoms with Crippen molar-refractivity contribution in [3.63, 3.8) is 0 Å². The first-order chi connectivity index (χ1) is 14.4. The van der Waals surface area contributed by atoms with Crippen LogP contribution >= 0.6 is 11.3 Å². The van der Waals surface area contributed by atoms with Gasteiger partial charge in [-0.05, 0) is 62.5 Å². The molecule has 1 aromatic carbocycles. The second-order valence-corrected chi connectivity index (χ2v) is 10.3. The van der Waals surface area contributed by atoms with Crippen molar-refractivity contribution in [3.8, 4) is 0 Å². The maximum atomic E-state index is 13.2. The van der Waals surface area contributed by atoms with Crippen molar-refractivity contribution >= 4 is 34.0 Å². The molecule has 2 aromatic rings. The third kappa shape index (κ3) is 3.71. The Labute approximate surface area is 180 Å². The lowest BCUT2D eigenvalue weighted by Crippen LogP contribution is -2.64. The Bertz CT molecular complexity index is 944. The van der Waals surface area contributed by atoms with Crippen molar-refractivity contribution in [2.75, 3.05) is 5.32 Å². The molecule has 4 aliphatic rings. The van der Waals surface area contributed by atoms with E-state index in [1.165, 1.54) is 17.8 Å². The molecular formula is C23H27N3O3S. The van der Waals surface area contributed by atoms with Gasteiger partial charge in [-0.3, -0.25) is 9.59 Å². The fourth-order valence-electron chi connectivity index (χ4n) is 6.39. The number of hydrogen-bond donors (Lipinski definition) is 2. The van der Waals surface area contributed by atoms with Crippen LogP contribution in [0.4, 0.5) is 10.8 Å². The van der Waals surface area contributed by atoms with E-state index in [1.807, 2.05) is 35.7 Å². The van der Waals surface area contributed by atoms with E-state index < -0.39 is 5.41 Å². The zero-order valence-corrected chi connectivity index (χ0v) is 18.0. The highest BCUT2D eigenvalue weighted by Crippen LogP contribution is 2.62. The van der Waals surface area contributed by atoms with Crippen molar-refractivity contribution in [1.29, 1.82) is 0 Å². The first-order valence-electron chi connectivity index (χ1n) is 10.7. The van der Waals surface area contributed by atoms with Crippen LogP contribution in [-0.2, 0) is 20.9 Å². The van der Waals surface area contributed by atoms with Crippen LogP contribution in [0.15, 0.2) is 35.7 Å². The molecule has 7 heteroatoms. The molecule has 30 heavy (non-hydrogen) atoms. The molecule has 158 valence electrons. The van der Waals surface area contributed by atoms with E-state index >= 15 is 0 Å². The Hall–Kier alpha value is -2.41. The number of amides is 1. The standard InChI is InChI=1S/C23H27N3O3S/c1-15(27)26-23-10-16-7-17(11-23)9-22(8-16,14-23)20(28)29-12-19-13-30-21(25-19)24-18-5-3-2-4-6-18/h2-6,13,16-17H,7-12,14H2,1H3,(H,24,25)(H,26,27). The zero-order chi connectivity index (χ0) is 20.8. The lowest BCUT2D eigenvalue weighted by Gasteiger charge is -2.60. The number of rotatable bonds is 6. The average molecular weight is 426 g/mol. The maximum Gasteiger partial charge on any atom is 0.312 e. The summed E-state index contributed by atoms with van der Waals surface area (Å²) in [6, 6.07) is 9.88. The van der Waals surface area contributed by atoms with E-state index in [9.17, 15) is 9.59 Å². The van der Waals surface area contributed by atoms with Gasteiger partial charge in [0.05, 0.1) is 11.1 Å². The minimum Gasteiger partial charge on any atom is -0.459 e. The third-order valence-electron chi connectivity index (χ3n) is 6.86. The number of hydrogen-bond acceptors (Lipinski definition) is 6. The first kappa shape index (κ1) is 19.5. The monoisotopic (exact) mass is 425 g/mol. The summed E-state index contributed by atoms with van der Waals surface area (Å²) >= 11 is 1.50. The van der Waals surface area contributed by atoms with Crippen LogP contribution in [0.3, 0.4) is 0 Å². The summed E-state index contributed by atoms with van der Waals surface area (Å²) in [6.45, 7) is 1.77. The summed E-state index contributed by atoms with van der Waals surface area (Å²) in [4.78, 5) is 29.6. The van der Waals surface area contributed by atoms with Crippen LogP contribution < -0.4 is 10.6 Å². The lowest BCUT2D eigenvalue weighted by atomic mass is 9.47. The molecule has 0 aliphatic heterocycles.